The second-order valence-electron chi connectivity index (χ2n) is 2.91. The first-order chi connectivity index (χ1) is 3.95. The summed E-state index contributed by atoms with van der Waals surface area (Å²) in [5.41, 5.74) is 0. The van der Waals surface area contributed by atoms with E-state index in [4.69, 9.17) is 0 Å². The van der Waals surface area contributed by atoms with Crippen LogP contribution >= 0.6 is 0 Å². The SMILES string of the molecule is [CH]1CCN1CC1CC1. The van der Waals surface area contributed by atoms with E-state index in [2.05, 4.69) is 11.4 Å². The zero-order valence-corrected chi connectivity index (χ0v) is 5.14. The molecule has 45 valence electrons. The van der Waals surface area contributed by atoms with E-state index in [-0.39, 0.29) is 0 Å². The Morgan fingerprint density at radius 2 is 2.25 bits per heavy atom. The van der Waals surface area contributed by atoms with Crippen LogP contribution in [0.5, 0.6) is 0 Å². The van der Waals surface area contributed by atoms with Gasteiger partial charge >= 0.3 is 0 Å². The molecule has 2 rings (SSSR count). The van der Waals surface area contributed by atoms with Gasteiger partial charge in [0.15, 0.2) is 0 Å². The van der Waals surface area contributed by atoms with Crippen molar-refractivity contribution >= 4 is 0 Å². The minimum absolute atomic E-state index is 1.08. The molecule has 1 aliphatic heterocycles. The van der Waals surface area contributed by atoms with Crippen LogP contribution in [0.1, 0.15) is 19.3 Å². The Labute approximate surface area is 50.7 Å². The predicted octanol–water partition coefficient (Wildman–Crippen LogP) is 1.26. The minimum atomic E-state index is 1.08. The van der Waals surface area contributed by atoms with E-state index in [1.54, 1.807) is 0 Å². The first-order valence-corrected chi connectivity index (χ1v) is 3.52. The second kappa shape index (κ2) is 1.73. The maximum atomic E-state index is 2.44. The van der Waals surface area contributed by atoms with Gasteiger partial charge in [-0.05, 0) is 25.2 Å². The summed E-state index contributed by atoms with van der Waals surface area (Å²) in [5.74, 6) is 1.08. The van der Waals surface area contributed by atoms with Crippen LogP contribution in [0, 0.1) is 12.5 Å². The molecule has 1 heterocycles. The molecule has 0 unspecified atom stereocenters. The first-order valence-electron chi connectivity index (χ1n) is 3.52. The van der Waals surface area contributed by atoms with E-state index in [1.165, 1.54) is 32.4 Å². The van der Waals surface area contributed by atoms with Crippen LogP contribution < -0.4 is 0 Å². The van der Waals surface area contributed by atoms with Crippen molar-refractivity contribution in [1.82, 2.24) is 4.90 Å². The standard InChI is InChI=1S/C7H12N/c1-4-8(5-1)6-7-2-3-7/h4,7H,1-3,5-6H2. The molecule has 0 atom stereocenters. The maximum Gasteiger partial charge on any atom is 0.0264 e. The lowest BCUT2D eigenvalue weighted by atomic mass is 10.2. The zero-order chi connectivity index (χ0) is 5.40. The molecule has 1 nitrogen and oxygen atoms in total. The van der Waals surface area contributed by atoms with E-state index >= 15 is 0 Å². The highest BCUT2D eigenvalue weighted by Gasteiger charge is 2.26. The zero-order valence-electron chi connectivity index (χ0n) is 5.14. The highest BCUT2D eigenvalue weighted by atomic mass is 15.2. The van der Waals surface area contributed by atoms with Crippen LogP contribution in [0.3, 0.4) is 0 Å². The smallest absolute Gasteiger partial charge is 0.0264 e. The molecule has 2 aliphatic rings. The second-order valence-corrected chi connectivity index (χ2v) is 2.91. The van der Waals surface area contributed by atoms with Crippen LogP contribution in [-0.2, 0) is 0 Å². The average Bonchev–Trinajstić information content (AvgIpc) is 2.36. The van der Waals surface area contributed by atoms with Crippen LogP contribution in [0.4, 0.5) is 0 Å². The Kier molecular flexibility index (Phi) is 1.04. The highest BCUT2D eigenvalue weighted by molar-refractivity contribution is 4.86. The topological polar surface area (TPSA) is 3.24 Å². The molecule has 0 amide bonds. The van der Waals surface area contributed by atoms with E-state index in [0.717, 1.165) is 5.92 Å². The van der Waals surface area contributed by atoms with Gasteiger partial charge in [0.05, 0.1) is 0 Å². The normalized spacial score (nSPS) is 30.0. The summed E-state index contributed by atoms with van der Waals surface area (Å²) >= 11 is 0. The molecule has 1 saturated heterocycles. The summed E-state index contributed by atoms with van der Waals surface area (Å²) in [6, 6.07) is 0. The van der Waals surface area contributed by atoms with E-state index < -0.39 is 0 Å². The number of likely N-dealkylation sites (tertiary alicyclic amines) is 1. The van der Waals surface area contributed by atoms with Gasteiger partial charge in [0.1, 0.15) is 0 Å². The van der Waals surface area contributed by atoms with Gasteiger partial charge in [0.25, 0.3) is 0 Å². The third kappa shape index (κ3) is 0.873. The summed E-state index contributed by atoms with van der Waals surface area (Å²) in [7, 11) is 0. The number of hydrogen-bond acceptors (Lipinski definition) is 1. The lowest BCUT2D eigenvalue weighted by Crippen LogP contribution is -2.33. The third-order valence-electron chi connectivity index (χ3n) is 1.99. The molecule has 1 heteroatoms. The molecule has 8 heavy (non-hydrogen) atoms. The largest absolute Gasteiger partial charge is 0.298 e. The Bertz CT molecular complexity index is 82.4. The fourth-order valence-electron chi connectivity index (χ4n) is 1.11. The Morgan fingerprint density at radius 1 is 1.50 bits per heavy atom. The molecule has 0 spiro atoms. The van der Waals surface area contributed by atoms with Gasteiger partial charge in [-0.3, -0.25) is 4.90 Å². The molecule has 0 N–H and O–H groups in total. The highest BCUT2D eigenvalue weighted by Crippen LogP contribution is 2.31. The van der Waals surface area contributed by atoms with Crippen molar-refractivity contribution in [2.75, 3.05) is 13.1 Å². The fraction of sp³-hybridized carbons (Fsp3) is 0.857. The summed E-state index contributed by atoms with van der Waals surface area (Å²) in [6.07, 6.45) is 4.31. The lowest BCUT2D eigenvalue weighted by molar-refractivity contribution is 0.235. The van der Waals surface area contributed by atoms with Crippen molar-refractivity contribution < 1.29 is 0 Å². The number of hydrogen-bond donors (Lipinski definition) is 0. The first kappa shape index (κ1) is 4.80. The molecule has 0 aromatic carbocycles. The molecule has 0 aromatic rings. The van der Waals surface area contributed by atoms with Gasteiger partial charge in [-0.25, -0.2) is 0 Å². The molecular formula is C7H12N. The van der Waals surface area contributed by atoms with Gasteiger partial charge in [0, 0.05) is 19.6 Å². The van der Waals surface area contributed by atoms with Crippen molar-refractivity contribution in [2.45, 2.75) is 19.3 Å². The van der Waals surface area contributed by atoms with Gasteiger partial charge in [0.2, 0.25) is 0 Å². The predicted molar refractivity (Wildman–Crippen MR) is 33.2 cm³/mol. The third-order valence-corrected chi connectivity index (χ3v) is 1.99. The minimum Gasteiger partial charge on any atom is -0.298 e. The number of rotatable bonds is 2. The van der Waals surface area contributed by atoms with Crippen LogP contribution in [-0.4, -0.2) is 18.0 Å². The van der Waals surface area contributed by atoms with E-state index in [1.807, 2.05) is 0 Å². The number of nitrogens with zero attached hydrogens (tertiary/aromatic N) is 1. The summed E-state index contributed by atoms with van der Waals surface area (Å²) in [6.45, 7) is 5.01. The molecule has 1 radical (unpaired) electrons. The van der Waals surface area contributed by atoms with Gasteiger partial charge in [-0.2, -0.15) is 0 Å². The fourth-order valence-corrected chi connectivity index (χ4v) is 1.11. The van der Waals surface area contributed by atoms with Crippen molar-refractivity contribution in [3.05, 3.63) is 6.54 Å². The molecule has 2 fully saturated rings. The van der Waals surface area contributed by atoms with Crippen molar-refractivity contribution in [1.29, 1.82) is 0 Å². The average molecular weight is 110 g/mol. The van der Waals surface area contributed by atoms with Gasteiger partial charge in [-0.15, -0.1) is 0 Å². The molecule has 1 aliphatic carbocycles. The Hall–Kier alpha value is -0.0400. The maximum absolute atomic E-state index is 2.44. The van der Waals surface area contributed by atoms with Crippen molar-refractivity contribution in [3.8, 4) is 0 Å². The van der Waals surface area contributed by atoms with E-state index in [0.29, 0.717) is 0 Å². The van der Waals surface area contributed by atoms with Crippen molar-refractivity contribution in [3.63, 3.8) is 0 Å². The monoisotopic (exact) mass is 110 g/mol. The summed E-state index contributed by atoms with van der Waals surface area (Å²) < 4.78 is 0. The van der Waals surface area contributed by atoms with Crippen LogP contribution in [0.2, 0.25) is 0 Å². The molecular weight excluding hydrogens is 98.1 g/mol. The summed E-state index contributed by atoms with van der Waals surface area (Å²) in [4.78, 5) is 2.44. The van der Waals surface area contributed by atoms with Crippen LogP contribution in [0.15, 0.2) is 0 Å². The quantitative estimate of drug-likeness (QED) is 0.517. The molecule has 0 bridgehead atoms. The van der Waals surface area contributed by atoms with Crippen LogP contribution in [0.25, 0.3) is 0 Å². The molecule has 0 aromatic heterocycles. The summed E-state index contributed by atoms with van der Waals surface area (Å²) in [5, 5.41) is 0. The van der Waals surface area contributed by atoms with Gasteiger partial charge < -0.3 is 0 Å². The Morgan fingerprint density at radius 3 is 2.62 bits per heavy atom. The lowest BCUT2D eigenvalue weighted by Gasteiger charge is -2.29. The van der Waals surface area contributed by atoms with E-state index in [9.17, 15) is 0 Å². The van der Waals surface area contributed by atoms with Gasteiger partial charge in [-0.1, -0.05) is 0 Å². The molecule has 1 saturated carbocycles. The van der Waals surface area contributed by atoms with Crippen molar-refractivity contribution in [2.24, 2.45) is 5.92 Å². The Balaban J connectivity index is 1.66.